The monoisotopic (exact) mass is 191 g/mol. The van der Waals surface area contributed by atoms with E-state index in [9.17, 15) is 0 Å². The van der Waals surface area contributed by atoms with Crippen LogP contribution >= 0.6 is 0 Å². The van der Waals surface area contributed by atoms with E-state index in [0.29, 0.717) is 6.61 Å². The number of hydrogen-bond acceptors (Lipinski definition) is 3. The van der Waals surface area contributed by atoms with Crippen LogP contribution in [-0.4, -0.2) is 17.3 Å². The lowest BCUT2D eigenvalue weighted by atomic mass is 10.2. The molecule has 1 N–H and O–H groups in total. The smallest absolute Gasteiger partial charge is 0.166 e. The molecule has 0 aliphatic rings. The zero-order chi connectivity index (χ0) is 10.4. The lowest BCUT2D eigenvalue weighted by Crippen LogP contribution is -2.23. The van der Waals surface area contributed by atoms with Crippen LogP contribution in [0.5, 0.6) is 0 Å². The highest BCUT2D eigenvalue weighted by molar-refractivity contribution is 5.13. The Labute approximate surface area is 83.6 Å². The number of aliphatic hydroxyl groups is 1. The number of benzene rings is 1. The highest BCUT2D eigenvalue weighted by atomic mass is 16.5. The molecule has 0 bridgehead atoms. The van der Waals surface area contributed by atoms with Crippen molar-refractivity contribution >= 4 is 0 Å². The van der Waals surface area contributed by atoms with E-state index in [-0.39, 0.29) is 0 Å². The number of hydrogen-bond donors (Lipinski definition) is 1. The van der Waals surface area contributed by atoms with E-state index in [0.717, 1.165) is 5.56 Å². The largest absolute Gasteiger partial charge is 0.375 e. The van der Waals surface area contributed by atoms with Crippen molar-refractivity contribution in [2.24, 2.45) is 0 Å². The van der Waals surface area contributed by atoms with Crippen molar-refractivity contribution in [3.63, 3.8) is 0 Å². The first-order valence-corrected chi connectivity index (χ1v) is 4.47. The summed E-state index contributed by atoms with van der Waals surface area (Å²) in [6, 6.07) is 11.4. The Morgan fingerprint density at radius 3 is 2.64 bits per heavy atom. The molecule has 2 atom stereocenters. The predicted octanol–water partition coefficient (Wildman–Crippen LogP) is 1.48. The van der Waals surface area contributed by atoms with Crippen LogP contribution in [0.4, 0.5) is 0 Å². The molecule has 0 saturated heterocycles. The van der Waals surface area contributed by atoms with E-state index < -0.39 is 12.2 Å². The second kappa shape index (κ2) is 5.38. The number of ether oxygens (including phenoxy) is 1. The molecule has 0 radical (unpaired) electrons. The Bertz CT molecular complexity index is 305. The third-order valence-electron chi connectivity index (χ3n) is 1.93. The highest BCUT2D eigenvalue weighted by Gasteiger charge is 2.12. The van der Waals surface area contributed by atoms with E-state index in [1.54, 1.807) is 13.0 Å². The van der Waals surface area contributed by atoms with Crippen molar-refractivity contribution in [1.29, 1.82) is 5.26 Å². The molecule has 0 amide bonds. The maximum Gasteiger partial charge on any atom is 0.166 e. The highest BCUT2D eigenvalue weighted by Crippen LogP contribution is 2.05. The lowest BCUT2D eigenvalue weighted by Gasteiger charge is -2.13. The van der Waals surface area contributed by atoms with Crippen LogP contribution in [0.15, 0.2) is 30.3 Å². The molecule has 1 rings (SSSR count). The molecular weight excluding hydrogens is 178 g/mol. The van der Waals surface area contributed by atoms with E-state index in [2.05, 4.69) is 0 Å². The molecule has 0 aromatic heterocycles. The number of rotatable bonds is 4. The molecule has 0 heterocycles. The van der Waals surface area contributed by atoms with E-state index in [4.69, 9.17) is 15.1 Å². The molecule has 0 saturated carbocycles. The summed E-state index contributed by atoms with van der Waals surface area (Å²) in [5.41, 5.74) is 1.03. The Kier molecular flexibility index (Phi) is 4.11. The van der Waals surface area contributed by atoms with Crippen LogP contribution in [0, 0.1) is 11.3 Å². The number of aliphatic hydroxyl groups excluding tert-OH is 1. The first-order chi connectivity index (χ1) is 6.74. The maximum absolute atomic E-state index is 9.12. The second-order valence-corrected chi connectivity index (χ2v) is 3.08. The predicted molar refractivity (Wildman–Crippen MR) is 52.3 cm³/mol. The number of nitrogens with zero attached hydrogens (tertiary/aromatic N) is 1. The Balaban J connectivity index is 2.39. The van der Waals surface area contributed by atoms with E-state index in [1.165, 1.54) is 0 Å². The minimum atomic E-state index is -1.06. The van der Waals surface area contributed by atoms with Crippen molar-refractivity contribution < 1.29 is 9.84 Å². The average molecular weight is 191 g/mol. The molecular formula is C11H13NO2. The molecule has 1 aromatic carbocycles. The maximum atomic E-state index is 9.12. The summed E-state index contributed by atoms with van der Waals surface area (Å²) < 4.78 is 5.31. The van der Waals surface area contributed by atoms with Gasteiger partial charge in [0, 0.05) is 0 Å². The van der Waals surface area contributed by atoms with Crippen LogP contribution in [-0.2, 0) is 11.3 Å². The summed E-state index contributed by atoms with van der Waals surface area (Å²) in [7, 11) is 0. The normalized spacial score (nSPS) is 14.4. The molecule has 14 heavy (non-hydrogen) atoms. The van der Waals surface area contributed by atoms with Gasteiger partial charge in [0.15, 0.2) is 6.10 Å². The standard InChI is InChI=1S/C11H13NO2/c1-9(11(13)7-12)14-8-10-5-3-2-4-6-10/h2-6,9,11,13H,8H2,1H3/t9-,11-/m1/s1. The van der Waals surface area contributed by atoms with Gasteiger partial charge in [-0.15, -0.1) is 0 Å². The van der Waals surface area contributed by atoms with Crippen LogP contribution in [0.25, 0.3) is 0 Å². The third kappa shape index (κ3) is 3.17. The second-order valence-electron chi connectivity index (χ2n) is 3.08. The fraction of sp³-hybridized carbons (Fsp3) is 0.364. The summed E-state index contributed by atoms with van der Waals surface area (Å²) >= 11 is 0. The molecule has 1 aromatic rings. The third-order valence-corrected chi connectivity index (χ3v) is 1.93. The van der Waals surface area contributed by atoms with Gasteiger partial charge >= 0.3 is 0 Å². The van der Waals surface area contributed by atoms with Crippen LogP contribution in [0.2, 0.25) is 0 Å². The van der Waals surface area contributed by atoms with Crippen molar-refractivity contribution in [1.82, 2.24) is 0 Å². The zero-order valence-corrected chi connectivity index (χ0v) is 8.05. The molecule has 0 unspecified atom stereocenters. The summed E-state index contributed by atoms with van der Waals surface area (Å²) in [5.74, 6) is 0. The molecule has 3 heteroatoms. The average Bonchev–Trinajstić information content (AvgIpc) is 2.26. The summed E-state index contributed by atoms with van der Waals surface area (Å²) in [5, 5.41) is 17.5. The van der Waals surface area contributed by atoms with Crippen molar-refractivity contribution in [3.05, 3.63) is 35.9 Å². The van der Waals surface area contributed by atoms with Gasteiger partial charge in [-0.2, -0.15) is 5.26 Å². The van der Waals surface area contributed by atoms with Gasteiger partial charge in [0.05, 0.1) is 18.8 Å². The summed E-state index contributed by atoms with van der Waals surface area (Å²) in [6.45, 7) is 2.09. The van der Waals surface area contributed by atoms with Gasteiger partial charge in [-0.05, 0) is 12.5 Å². The molecule has 3 nitrogen and oxygen atoms in total. The van der Waals surface area contributed by atoms with Gasteiger partial charge in [0.2, 0.25) is 0 Å². The van der Waals surface area contributed by atoms with Gasteiger partial charge in [-0.1, -0.05) is 30.3 Å². The van der Waals surface area contributed by atoms with Crippen molar-refractivity contribution in [2.45, 2.75) is 25.7 Å². The van der Waals surface area contributed by atoms with E-state index >= 15 is 0 Å². The van der Waals surface area contributed by atoms with Gasteiger partial charge in [0.25, 0.3) is 0 Å². The molecule has 0 spiro atoms. The zero-order valence-electron chi connectivity index (χ0n) is 8.05. The van der Waals surface area contributed by atoms with Gasteiger partial charge < -0.3 is 9.84 Å². The Hall–Kier alpha value is -1.37. The first kappa shape index (κ1) is 10.7. The Morgan fingerprint density at radius 2 is 2.07 bits per heavy atom. The van der Waals surface area contributed by atoms with Crippen LogP contribution in [0.1, 0.15) is 12.5 Å². The fourth-order valence-electron chi connectivity index (χ4n) is 0.998. The van der Waals surface area contributed by atoms with Crippen molar-refractivity contribution in [3.8, 4) is 6.07 Å². The van der Waals surface area contributed by atoms with Gasteiger partial charge in [-0.25, -0.2) is 0 Å². The summed E-state index contributed by atoms with van der Waals surface area (Å²) in [6.07, 6.45) is -1.51. The van der Waals surface area contributed by atoms with Gasteiger partial charge in [0.1, 0.15) is 0 Å². The van der Waals surface area contributed by atoms with E-state index in [1.807, 2.05) is 30.3 Å². The number of nitriles is 1. The molecule has 0 aliphatic heterocycles. The fourth-order valence-corrected chi connectivity index (χ4v) is 0.998. The lowest BCUT2D eigenvalue weighted by molar-refractivity contribution is -0.0123. The SMILES string of the molecule is C[C@@H](OCc1ccccc1)[C@H](O)C#N. The minimum absolute atomic E-state index is 0.417. The first-order valence-electron chi connectivity index (χ1n) is 4.47. The van der Waals surface area contributed by atoms with Crippen LogP contribution < -0.4 is 0 Å². The Morgan fingerprint density at radius 1 is 1.43 bits per heavy atom. The topological polar surface area (TPSA) is 53.2 Å². The molecule has 0 fully saturated rings. The quantitative estimate of drug-likeness (QED) is 0.733. The van der Waals surface area contributed by atoms with Crippen molar-refractivity contribution in [2.75, 3.05) is 0 Å². The molecule has 0 aliphatic carbocycles. The molecule has 74 valence electrons. The van der Waals surface area contributed by atoms with Crippen LogP contribution in [0.3, 0.4) is 0 Å². The minimum Gasteiger partial charge on any atom is -0.375 e. The van der Waals surface area contributed by atoms with Gasteiger partial charge in [-0.3, -0.25) is 0 Å². The summed E-state index contributed by atoms with van der Waals surface area (Å²) in [4.78, 5) is 0.